The van der Waals surface area contributed by atoms with Crippen LogP contribution >= 0.6 is 0 Å². The molecule has 0 atom stereocenters. The van der Waals surface area contributed by atoms with Crippen molar-refractivity contribution < 1.29 is 19.2 Å². The summed E-state index contributed by atoms with van der Waals surface area (Å²) in [5, 5.41) is 15.4. The van der Waals surface area contributed by atoms with Crippen LogP contribution in [0.15, 0.2) is 10.6 Å². The molecule has 1 aliphatic rings. The number of hydrogen-bond donors (Lipinski definition) is 2. The maximum absolute atomic E-state index is 11.4. The van der Waals surface area contributed by atoms with Crippen molar-refractivity contribution >= 4 is 5.91 Å². The molecule has 1 fully saturated rings. The maximum atomic E-state index is 11.4. The van der Waals surface area contributed by atoms with Gasteiger partial charge >= 0.3 is 0 Å². The third-order valence-corrected chi connectivity index (χ3v) is 2.76. The van der Waals surface area contributed by atoms with Gasteiger partial charge in [0.25, 0.3) is 11.8 Å². The van der Waals surface area contributed by atoms with E-state index in [-0.39, 0.29) is 18.6 Å². The zero-order valence-corrected chi connectivity index (χ0v) is 9.68. The lowest BCUT2D eigenvalue weighted by atomic mass is 9.82. The van der Waals surface area contributed by atoms with Crippen LogP contribution < -0.4 is 10.1 Å². The summed E-state index contributed by atoms with van der Waals surface area (Å²) >= 11 is 0. The van der Waals surface area contributed by atoms with Crippen LogP contribution in [0.1, 0.15) is 18.6 Å². The van der Waals surface area contributed by atoms with Crippen LogP contribution in [0.4, 0.5) is 0 Å². The highest BCUT2D eigenvalue weighted by Crippen LogP contribution is 2.25. The van der Waals surface area contributed by atoms with Crippen LogP contribution in [0.25, 0.3) is 0 Å². The van der Waals surface area contributed by atoms with E-state index in [4.69, 9.17) is 14.4 Å². The Labute approximate surface area is 98.9 Å². The molecule has 17 heavy (non-hydrogen) atoms. The summed E-state index contributed by atoms with van der Waals surface area (Å²) in [6.45, 7) is 2.28. The highest BCUT2D eigenvalue weighted by Gasteiger charge is 2.27. The van der Waals surface area contributed by atoms with E-state index in [0.29, 0.717) is 24.1 Å². The molecule has 6 heteroatoms. The maximum Gasteiger partial charge on any atom is 0.258 e. The summed E-state index contributed by atoms with van der Waals surface area (Å²) in [5.41, 5.74) is 0. The molecule has 1 heterocycles. The van der Waals surface area contributed by atoms with Crippen molar-refractivity contribution in [3.8, 4) is 5.88 Å². The molecule has 0 aliphatic heterocycles. The van der Waals surface area contributed by atoms with Crippen LogP contribution in [0.2, 0.25) is 0 Å². The number of ether oxygens (including phenoxy) is 1. The number of rotatable bonds is 5. The average Bonchev–Trinajstić information content (AvgIpc) is 2.66. The zero-order valence-electron chi connectivity index (χ0n) is 9.68. The van der Waals surface area contributed by atoms with Crippen LogP contribution in [-0.2, 0) is 4.79 Å². The zero-order chi connectivity index (χ0) is 12.3. The topological polar surface area (TPSA) is 84.6 Å². The predicted molar refractivity (Wildman–Crippen MR) is 58.5 cm³/mol. The lowest BCUT2D eigenvalue weighted by Gasteiger charge is -2.31. The second-order valence-electron chi connectivity index (χ2n) is 4.36. The number of amides is 1. The van der Waals surface area contributed by atoms with Crippen LogP contribution in [0.3, 0.4) is 0 Å². The molecule has 1 amide bonds. The van der Waals surface area contributed by atoms with Gasteiger partial charge in [-0.25, -0.2) is 0 Å². The number of aliphatic hydroxyl groups excluding tert-OH is 1. The van der Waals surface area contributed by atoms with E-state index in [1.807, 2.05) is 0 Å². The van der Waals surface area contributed by atoms with Gasteiger partial charge in [-0.2, -0.15) is 0 Å². The van der Waals surface area contributed by atoms with Crippen molar-refractivity contribution in [2.45, 2.75) is 25.9 Å². The van der Waals surface area contributed by atoms with E-state index in [0.717, 1.165) is 12.8 Å². The largest absolute Gasteiger partial charge is 0.465 e. The van der Waals surface area contributed by atoms with Gasteiger partial charge in [0, 0.05) is 12.6 Å². The Morgan fingerprint density at radius 2 is 2.47 bits per heavy atom. The quantitative estimate of drug-likeness (QED) is 0.770. The molecule has 0 bridgehead atoms. The Kier molecular flexibility index (Phi) is 3.63. The first-order chi connectivity index (χ1) is 8.13. The van der Waals surface area contributed by atoms with E-state index in [9.17, 15) is 4.79 Å². The molecule has 0 saturated heterocycles. The highest BCUT2D eigenvalue weighted by molar-refractivity contribution is 5.77. The standard InChI is InChI=1S/C11H16N2O4/c1-7-2-11(13-17-7)16-6-10(15)12-5-8-3-9(14)4-8/h2,8-9,14H,3-6H2,1H3,(H,12,15). The first kappa shape index (κ1) is 11.9. The van der Waals surface area contributed by atoms with E-state index in [2.05, 4.69) is 10.5 Å². The van der Waals surface area contributed by atoms with Gasteiger partial charge in [-0.1, -0.05) is 0 Å². The third kappa shape index (κ3) is 3.45. The SMILES string of the molecule is Cc1cc(OCC(=O)NCC2CC(O)C2)no1. The Bertz CT molecular complexity index is 385. The van der Waals surface area contributed by atoms with Crippen molar-refractivity contribution in [3.63, 3.8) is 0 Å². The van der Waals surface area contributed by atoms with Crippen molar-refractivity contribution in [1.82, 2.24) is 10.5 Å². The Hall–Kier alpha value is -1.56. The van der Waals surface area contributed by atoms with Crippen LogP contribution in [0.5, 0.6) is 5.88 Å². The number of carbonyl (C=O) groups is 1. The Morgan fingerprint density at radius 3 is 3.06 bits per heavy atom. The van der Waals surface area contributed by atoms with Crippen molar-refractivity contribution in [1.29, 1.82) is 0 Å². The van der Waals surface area contributed by atoms with Crippen molar-refractivity contribution in [2.75, 3.05) is 13.2 Å². The van der Waals surface area contributed by atoms with E-state index in [1.165, 1.54) is 0 Å². The molecule has 0 unspecified atom stereocenters. The number of carbonyl (C=O) groups excluding carboxylic acids is 1. The van der Waals surface area contributed by atoms with E-state index < -0.39 is 0 Å². The minimum absolute atomic E-state index is 0.0682. The van der Waals surface area contributed by atoms with E-state index >= 15 is 0 Å². The molecule has 1 aromatic rings. The summed E-state index contributed by atoms with van der Waals surface area (Å²) in [7, 11) is 0. The number of nitrogens with zero attached hydrogens (tertiary/aromatic N) is 1. The number of aryl methyl sites for hydroxylation is 1. The normalized spacial score (nSPS) is 22.9. The van der Waals surface area contributed by atoms with Gasteiger partial charge in [0.1, 0.15) is 5.76 Å². The highest BCUT2D eigenvalue weighted by atomic mass is 16.5. The van der Waals surface area contributed by atoms with Gasteiger partial charge in [0.05, 0.1) is 6.10 Å². The second-order valence-corrected chi connectivity index (χ2v) is 4.36. The molecule has 1 saturated carbocycles. The monoisotopic (exact) mass is 240 g/mol. The molecule has 2 N–H and O–H groups in total. The van der Waals surface area contributed by atoms with Crippen molar-refractivity contribution in [2.24, 2.45) is 5.92 Å². The summed E-state index contributed by atoms with van der Waals surface area (Å²) in [5.74, 6) is 1.16. The molecule has 0 spiro atoms. The fourth-order valence-corrected chi connectivity index (χ4v) is 1.73. The fourth-order valence-electron chi connectivity index (χ4n) is 1.73. The lowest BCUT2D eigenvalue weighted by molar-refractivity contribution is -0.123. The number of aliphatic hydroxyl groups is 1. The minimum atomic E-state index is -0.189. The molecule has 94 valence electrons. The Balaban J connectivity index is 1.61. The van der Waals surface area contributed by atoms with Crippen molar-refractivity contribution in [3.05, 3.63) is 11.8 Å². The third-order valence-electron chi connectivity index (χ3n) is 2.76. The first-order valence-corrected chi connectivity index (χ1v) is 5.64. The van der Waals surface area contributed by atoms with Gasteiger partial charge in [0.15, 0.2) is 6.61 Å². The lowest BCUT2D eigenvalue weighted by Crippen LogP contribution is -2.39. The van der Waals surface area contributed by atoms with Gasteiger partial charge in [-0.05, 0) is 30.8 Å². The number of hydrogen-bond acceptors (Lipinski definition) is 5. The van der Waals surface area contributed by atoms with Gasteiger partial charge in [0.2, 0.25) is 0 Å². The summed E-state index contributed by atoms with van der Waals surface area (Å²) in [4.78, 5) is 11.4. The molecule has 1 aliphatic carbocycles. The fraction of sp³-hybridized carbons (Fsp3) is 0.636. The summed E-state index contributed by atoms with van der Waals surface area (Å²) in [6.07, 6.45) is 1.35. The molecule has 1 aromatic heterocycles. The molecule has 2 rings (SSSR count). The molecule has 6 nitrogen and oxygen atoms in total. The molecule has 0 radical (unpaired) electrons. The van der Waals surface area contributed by atoms with Gasteiger partial charge in [-0.3, -0.25) is 4.79 Å². The summed E-state index contributed by atoms with van der Waals surface area (Å²) in [6, 6.07) is 1.62. The van der Waals surface area contributed by atoms with Gasteiger partial charge < -0.3 is 19.7 Å². The van der Waals surface area contributed by atoms with Crippen LogP contribution in [0, 0.1) is 12.8 Å². The average molecular weight is 240 g/mol. The minimum Gasteiger partial charge on any atom is -0.465 e. The second kappa shape index (κ2) is 5.18. The first-order valence-electron chi connectivity index (χ1n) is 5.64. The van der Waals surface area contributed by atoms with E-state index in [1.54, 1.807) is 13.0 Å². The molecular formula is C11H16N2O4. The molecule has 0 aromatic carbocycles. The summed E-state index contributed by atoms with van der Waals surface area (Å²) < 4.78 is 9.93. The number of aromatic nitrogens is 1. The number of nitrogens with one attached hydrogen (secondary N) is 1. The van der Waals surface area contributed by atoms with Crippen LogP contribution in [-0.4, -0.2) is 35.4 Å². The van der Waals surface area contributed by atoms with Gasteiger partial charge in [-0.15, -0.1) is 0 Å². The Morgan fingerprint density at radius 1 is 1.71 bits per heavy atom. The smallest absolute Gasteiger partial charge is 0.258 e. The molecular weight excluding hydrogens is 224 g/mol. The predicted octanol–water partition coefficient (Wildman–Crippen LogP) is 0.249.